The molecule has 0 atom stereocenters. The lowest BCUT2D eigenvalue weighted by molar-refractivity contribution is 0.0298. The van der Waals surface area contributed by atoms with Crippen LogP contribution in [0.1, 0.15) is 21.9 Å². The molecule has 0 spiro atoms. The number of nitrogens with zero attached hydrogens (tertiary/aromatic N) is 5. The van der Waals surface area contributed by atoms with Crippen molar-refractivity contribution < 1.29 is 18.8 Å². The first kappa shape index (κ1) is 22.0. The smallest absolute Gasteiger partial charge is 0.274 e. The van der Waals surface area contributed by atoms with E-state index in [2.05, 4.69) is 22.3 Å². The minimum Gasteiger partial charge on any atom is -0.378 e. The SMILES string of the molecule is COCc1noc(-c2cccc(-n3nc(C(=O)N4CCOCC4)c4c3-c3ccccc3SC4)c2)n1. The average molecular weight is 490 g/mol. The number of aromatic nitrogens is 4. The van der Waals surface area contributed by atoms with Crippen LogP contribution in [0.2, 0.25) is 0 Å². The van der Waals surface area contributed by atoms with E-state index in [0.717, 1.165) is 28.1 Å². The van der Waals surface area contributed by atoms with E-state index in [-0.39, 0.29) is 12.5 Å². The maximum atomic E-state index is 13.5. The fourth-order valence-corrected chi connectivity index (χ4v) is 5.47. The zero-order valence-electron chi connectivity index (χ0n) is 19.1. The van der Waals surface area contributed by atoms with E-state index in [1.54, 1.807) is 18.9 Å². The summed E-state index contributed by atoms with van der Waals surface area (Å²) in [7, 11) is 1.59. The van der Waals surface area contributed by atoms with Gasteiger partial charge in [-0.3, -0.25) is 4.79 Å². The van der Waals surface area contributed by atoms with Gasteiger partial charge in [-0.25, -0.2) is 4.68 Å². The van der Waals surface area contributed by atoms with E-state index in [9.17, 15) is 4.79 Å². The number of methoxy groups -OCH3 is 1. The fourth-order valence-electron chi connectivity index (χ4n) is 4.41. The van der Waals surface area contributed by atoms with E-state index in [1.165, 1.54) is 4.90 Å². The number of ether oxygens (including phenoxy) is 2. The molecule has 178 valence electrons. The fraction of sp³-hybridized carbons (Fsp3) is 0.280. The normalized spacial score (nSPS) is 15.1. The third-order valence-electron chi connectivity index (χ3n) is 6.08. The van der Waals surface area contributed by atoms with E-state index in [1.807, 2.05) is 46.0 Å². The molecule has 6 rings (SSSR count). The minimum atomic E-state index is -0.0551. The van der Waals surface area contributed by atoms with Crippen LogP contribution in [0.4, 0.5) is 0 Å². The van der Waals surface area contributed by atoms with Gasteiger partial charge in [-0.2, -0.15) is 10.1 Å². The van der Waals surface area contributed by atoms with Crippen LogP contribution in [0.5, 0.6) is 0 Å². The van der Waals surface area contributed by atoms with Gasteiger partial charge < -0.3 is 18.9 Å². The van der Waals surface area contributed by atoms with Gasteiger partial charge in [0.1, 0.15) is 6.61 Å². The summed E-state index contributed by atoms with van der Waals surface area (Å²) in [5.74, 6) is 1.51. The van der Waals surface area contributed by atoms with Crippen LogP contribution in [0.25, 0.3) is 28.4 Å². The quantitative estimate of drug-likeness (QED) is 0.418. The van der Waals surface area contributed by atoms with E-state index in [0.29, 0.717) is 49.5 Å². The van der Waals surface area contributed by atoms with Gasteiger partial charge in [-0.05, 0) is 24.3 Å². The predicted octanol–water partition coefficient (Wildman–Crippen LogP) is 3.81. The zero-order valence-corrected chi connectivity index (χ0v) is 20.0. The van der Waals surface area contributed by atoms with Crippen molar-refractivity contribution in [3.05, 3.63) is 65.6 Å². The largest absolute Gasteiger partial charge is 0.378 e. The molecule has 2 aliphatic heterocycles. The summed E-state index contributed by atoms with van der Waals surface area (Å²) < 4.78 is 17.8. The van der Waals surface area contributed by atoms with Gasteiger partial charge in [0.2, 0.25) is 0 Å². The molecule has 0 aliphatic carbocycles. The summed E-state index contributed by atoms with van der Waals surface area (Å²) >= 11 is 1.73. The van der Waals surface area contributed by atoms with Gasteiger partial charge in [-0.1, -0.05) is 29.4 Å². The molecule has 2 aliphatic rings. The molecular formula is C25H23N5O4S. The van der Waals surface area contributed by atoms with Crippen molar-refractivity contribution in [2.45, 2.75) is 17.3 Å². The number of carbonyl (C=O) groups excluding carboxylic acids is 1. The second-order valence-corrected chi connectivity index (χ2v) is 9.29. The summed E-state index contributed by atoms with van der Waals surface area (Å²) in [6, 6.07) is 16.0. The van der Waals surface area contributed by atoms with Gasteiger partial charge in [0.15, 0.2) is 11.5 Å². The molecule has 35 heavy (non-hydrogen) atoms. The van der Waals surface area contributed by atoms with Crippen LogP contribution in [0, 0.1) is 0 Å². The Morgan fingerprint density at radius 2 is 2.00 bits per heavy atom. The van der Waals surface area contributed by atoms with Crippen molar-refractivity contribution in [3.8, 4) is 28.4 Å². The lowest BCUT2D eigenvalue weighted by Crippen LogP contribution is -2.41. The Hall–Kier alpha value is -3.47. The molecule has 0 radical (unpaired) electrons. The van der Waals surface area contributed by atoms with Crippen molar-refractivity contribution >= 4 is 17.7 Å². The van der Waals surface area contributed by atoms with Crippen molar-refractivity contribution in [3.63, 3.8) is 0 Å². The Kier molecular flexibility index (Phi) is 5.85. The van der Waals surface area contributed by atoms with Gasteiger partial charge in [0.25, 0.3) is 11.8 Å². The van der Waals surface area contributed by atoms with Crippen LogP contribution in [-0.2, 0) is 21.8 Å². The number of rotatable bonds is 5. The highest BCUT2D eigenvalue weighted by molar-refractivity contribution is 7.98. The summed E-state index contributed by atoms with van der Waals surface area (Å²) in [4.78, 5) is 20.9. The average Bonchev–Trinajstić information content (AvgIpc) is 3.54. The van der Waals surface area contributed by atoms with E-state index >= 15 is 0 Å². The highest BCUT2D eigenvalue weighted by Gasteiger charge is 2.32. The van der Waals surface area contributed by atoms with Crippen molar-refractivity contribution in [2.24, 2.45) is 0 Å². The molecule has 9 nitrogen and oxygen atoms in total. The number of fused-ring (bicyclic) bond motifs is 3. The number of morpholine rings is 1. The first-order valence-electron chi connectivity index (χ1n) is 11.4. The van der Waals surface area contributed by atoms with Crippen LogP contribution in [-0.4, -0.2) is 64.1 Å². The van der Waals surface area contributed by atoms with Gasteiger partial charge >= 0.3 is 0 Å². The Morgan fingerprint density at radius 3 is 2.86 bits per heavy atom. The van der Waals surface area contributed by atoms with Crippen LogP contribution in [0.3, 0.4) is 0 Å². The lowest BCUT2D eigenvalue weighted by atomic mass is 10.0. The Morgan fingerprint density at radius 1 is 1.14 bits per heavy atom. The van der Waals surface area contributed by atoms with Crippen LogP contribution in [0.15, 0.2) is 57.9 Å². The molecule has 1 amide bonds. The zero-order chi connectivity index (χ0) is 23.8. The summed E-state index contributed by atoms with van der Waals surface area (Å²) in [6.07, 6.45) is 0. The van der Waals surface area contributed by atoms with Gasteiger partial charge in [0.05, 0.1) is 24.6 Å². The Labute approximate surface area is 206 Å². The second-order valence-electron chi connectivity index (χ2n) is 8.28. The number of thioether (sulfide) groups is 1. The minimum absolute atomic E-state index is 0.0551. The predicted molar refractivity (Wildman–Crippen MR) is 129 cm³/mol. The molecule has 2 aromatic carbocycles. The number of benzene rings is 2. The van der Waals surface area contributed by atoms with E-state index in [4.69, 9.17) is 19.1 Å². The van der Waals surface area contributed by atoms with Crippen LogP contribution >= 0.6 is 11.8 Å². The second kappa shape index (κ2) is 9.29. The van der Waals surface area contributed by atoms with Crippen LogP contribution < -0.4 is 0 Å². The summed E-state index contributed by atoms with van der Waals surface area (Å²) in [5.41, 5.74) is 5.04. The topological polar surface area (TPSA) is 95.5 Å². The molecule has 10 heteroatoms. The lowest BCUT2D eigenvalue weighted by Gasteiger charge is -2.26. The third-order valence-corrected chi connectivity index (χ3v) is 7.18. The molecule has 0 bridgehead atoms. The monoisotopic (exact) mass is 489 g/mol. The molecule has 0 saturated carbocycles. The summed E-state index contributed by atoms with van der Waals surface area (Å²) in [6.45, 7) is 2.51. The summed E-state index contributed by atoms with van der Waals surface area (Å²) in [5, 5.41) is 8.86. The van der Waals surface area contributed by atoms with Crippen molar-refractivity contribution in [2.75, 3.05) is 33.4 Å². The number of carbonyl (C=O) groups is 1. The number of amides is 1. The van der Waals surface area contributed by atoms with Gasteiger partial charge in [-0.15, -0.1) is 11.8 Å². The molecular weight excluding hydrogens is 466 g/mol. The van der Waals surface area contributed by atoms with Crippen molar-refractivity contribution in [1.82, 2.24) is 24.8 Å². The molecule has 4 aromatic rings. The first-order chi connectivity index (χ1) is 17.2. The number of hydrogen-bond donors (Lipinski definition) is 0. The third kappa shape index (κ3) is 4.03. The standard InChI is InChI=1S/C25H23N5O4S/c1-32-14-21-26-24(34-28-21)16-5-4-6-17(13-16)30-23-18-7-2-3-8-20(18)35-15-19(23)22(27-30)25(31)29-9-11-33-12-10-29/h2-8,13H,9-12,14-15H2,1H3. The Balaban J connectivity index is 1.47. The Bertz CT molecular complexity index is 1390. The molecule has 2 aromatic heterocycles. The molecule has 0 unspecified atom stereocenters. The maximum Gasteiger partial charge on any atom is 0.274 e. The van der Waals surface area contributed by atoms with E-state index < -0.39 is 0 Å². The molecule has 4 heterocycles. The molecule has 1 fully saturated rings. The molecule has 1 saturated heterocycles. The van der Waals surface area contributed by atoms with Gasteiger partial charge in [0, 0.05) is 47.5 Å². The van der Waals surface area contributed by atoms with Crippen molar-refractivity contribution in [1.29, 1.82) is 0 Å². The highest BCUT2D eigenvalue weighted by atomic mass is 32.2. The number of hydrogen-bond acceptors (Lipinski definition) is 8. The first-order valence-corrected chi connectivity index (χ1v) is 12.3. The highest BCUT2D eigenvalue weighted by Crippen LogP contribution is 2.44. The molecule has 0 N–H and O–H groups in total. The maximum absolute atomic E-state index is 13.5.